The summed E-state index contributed by atoms with van der Waals surface area (Å²) in [6.07, 6.45) is 2.98. The van der Waals surface area contributed by atoms with E-state index in [0.717, 1.165) is 19.3 Å². The molecule has 2 aliphatic rings. The van der Waals surface area contributed by atoms with Crippen molar-refractivity contribution in [2.24, 2.45) is 11.8 Å². The number of amides is 1. The highest BCUT2D eigenvalue weighted by Gasteiger charge is 2.40. The van der Waals surface area contributed by atoms with Gasteiger partial charge in [-0.05, 0) is 12.8 Å². The molecule has 1 saturated carbocycles. The van der Waals surface area contributed by atoms with Gasteiger partial charge in [-0.25, -0.2) is 0 Å². The minimum Gasteiger partial charge on any atom is -0.481 e. The predicted molar refractivity (Wildman–Crippen MR) is 55.8 cm³/mol. The van der Waals surface area contributed by atoms with E-state index in [2.05, 4.69) is 0 Å². The Balaban J connectivity index is 1.99. The Morgan fingerprint density at radius 2 is 2.00 bits per heavy atom. The number of nitrogens with zero attached hydrogens (tertiary/aromatic N) is 1. The van der Waals surface area contributed by atoms with Gasteiger partial charge in [0.05, 0.1) is 19.3 Å². The van der Waals surface area contributed by atoms with Gasteiger partial charge in [0.2, 0.25) is 5.91 Å². The molecule has 2 unspecified atom stereocenters. The molecule has 0 aromatic carbocycles. The van der Waals surface area contributed by atoms with Crippen molar-refractivity contribution in [3.8, 4) is 0 Å². The Hall–Kier alpha value is -1.10. The number of rotatable bonds is 3. The number of carbonyl (C=O) groups excluding carboxylic acids is 1. The minimum absolute atomic E-state index is 0.0769. The molecule has 0 aromatic rings. The molecule has 1 amide bonds. The minimum atomic E-state index is -0.879. The second-order valence-corrected chi connectivity index (χ2v) is 4.63. The fourth-order valence-electron chi connectivity index (χ4n) is 2.27. The highest BCUT2D eigenvalue weighted by molar-refractivity contribution is 5.81. The topological polar surface area (TPSA) is 66.8 Å². The third-order valence-corrected chi connectivity index (χ3v) is 3.67. The molecule has 0 bridgehead atoms. The molecule has 90 valence electrons. The van der Waals surface area contributed by atoms with Crippen molar-refractivity contribution >= 4 is 11.9 Å². The largest absolute Gasteiger partial charge is 0.481 e. The first kappa shape index (κ1) is 11.4. The summed E-state index contributed by atoms with van der Waals surface area (Å²) in [5.74, 6) is -1.27. The molecular weight excluding hydrogens is 210 g/mol. The molecule has 0 aromatic heterocycles. The van der Waals surface area contributed by atoms with Crippen molar-refractivity contribution < 1.29 is 19.4 Å². The van der Waals surface area contributed by atoms with E-state index >= 15 is 0 Å². The van der Waals surface area contributed by atoms with Gasteiger partial charge in [-0.2, -0.15) is 0 Å². The van der Waals surface area contributed by atoms with Crippen molar-refractivity contribution in [2.75, 3.05) is 20.3 Å². The zero-order valence-electron chi connectivity index (χ0n) is 9.39. The Morgan fingerprint density at radius 1 is 1.31 bits per heavy atom. The maximum Gasteiger partial charge on any atom is 0.311 e. The fourth-order valence-corrected chi connectivity index (χ4v) is 2.27. The molecule has 1 saturated heterocycles. The zero-order valence-corrected chi connectivity index (χ0v) is 9.39. The lowest BCUT2D eigenvalue weighted by molar-refractivity contribution is -0.146. The lowest BCUT2D eigenvalue weighted by Gasteiger charge is -2.33. The molecule has 1 N–H and O–H groups in total. The average molecular weight is 227 g/mol. The van der Waals surface area contributed by atoms with E-state index in [9.17, 15) is 9.59 Å². The van der Waals surface area contributed by atoms with Gasteiger partial charge in [-0.15, -0.1) is 0 Å². The zero-order chi connectivity index (χ0) is 11.7. The number of aliphatic carboxylic acids is 1. The van der Waals surface area contributed by atoms with E-state index in [4.69, 9.17) is 9.84 Å². The molecule has 5 heteroatoms. The summed E-state index contributed by atoms with van der Waals surface area (Å²) < 4.78 is 5.16. The summed E-state index contributed by atoms with van der Waals surface area (Å²) in [7, 11) is 1.69. The second-order valence-electron chi connectivity index (χ2n) is 4.63. The van der Waals surface area contributed by atoms with Crippen molar-refractivity contribution in [2.45, 2.75) is 25.3 Å². The third kappa shape index (κ3) is 1.91. The van der Waals surface area contributed by atoms with Crippen LogP contribution in [0.4, 0.5) is 0 Å². The highest BCUT2D eigenvalue weighted by atomic mass is 16.5. The van der Waals surface area contributed by atoms with Crippen molar-refractivity contribution in [3.63, 3.8) is 0 Å². The summed E-state index contributed by atoms with van der Waals surface area (Å²) >= 11 is 0. The molecule has 1 aliphatic heterocycles. The van der Waals surface area contributed by atoms with Crippen LogP contribution in [-0.2, 0) is 14.3 Å². The summed E-state index contributed by atoms with van der Waals surface area (Å²) in [6, 6.07) is -0.300. The van der Waals surface area contributed by atoms with Crippen LogP contribution in [0.5, 0.6) is 0 Å². The highest BCUT2D eigenvalue weighted by Crippen LogP contribution is 2.30. The summed E-state index contributed by atoms with van der Waals surface area (Å²) in [5.41, 5.74) is 0. The maximum absolute atomic E-state index is 12.0. The van der Waals surface area contributed by atoms with Crippen molar-refractivity contribution in [1.29, 1.82) is 0 Å². The second kappa shape index (κ2) is 4.41. The molecule has 0 radical (unpaired) electrons. The SMILES string of the molecule is CN(C(=O)C1CCC1)C1COCC1C(=O)O. The number of hydrogen-bond acceptors (Lipinski definition) is 3. The number of carboxylic acid groups (broad SMARTS) is 1. The van der Waals surface area contributed by atoms with Crippen LogP contribution < -0.4 is 0 Å². The maximum atomic E-state index is 12.0. The normalized spacial score (nSPS) is 29.8. The average Bonchev–Trinajstić information content (AvgIpc) is 2.61. The molecule has 2 rings (SSSR count). The number of carbonyl (C=O) groups is 2. The lowest BCUT2D eigenvalue weighted by Crippen LogP contribution is -2.47. The van der Waals surface area contributed by atoms with Crippen molar-refractivity contribution in [3.05, 3.63) is 0 Å². The van der Waals surface area contributed by atoms with E-state index in [0.29, 0.717) is 6.61 Å². The van der Waals surface area contributed by atoms with Gasteiger partial charge < -0.3 is 14.7 Å². The van der Waals surface area contributed by atoms with Gasteiger partial charge in [0.25, 0.3) is 0 Å². The summed E-state index contributed by atoms with van der Waals surface area (Å²) in [5, 5.41) is 9.01. The lowest BCUT2D eigenvalue weighted by atomic mass is 9.84. The van der Waals surface area contributed by atoms with Crippen LogP contribution in [0.2, 0.25) is 0 Å². The monoisotopic (exact) mass is 227 g/mol. The van der Waals surface area contributed by atoms with Crippen LogP contribution in [0, 0.1) is 11.8 Å². The van der Waals surface area contributed by atoms with E-state index in [1.165, 1.54) is 0 Å². The van der Waals surface area contributed by atoms with Crippen LogP contribution in [0.3, 0.4) is 0 Å². The molecule has 1 heterocycles. The third-order valence-electron chi connectivity index (χ3n) is 3.67. The van der Waals surface area contributed by atoms with Crippen molar-refractivity contribution in [1.82, 2.24) is 4.90 Å². The van der Waals surface area contributed by atoms with E-state index < -0.39 is 11.9 Å². The van der Waals surface area contributed by atoms with Crippen LogP contribution in [-0.4, -0.2) is 48.2 Å². The van der Waals surface area contributed by atoms with Crippen LogP contribution in [0.15, 0.2) is 0 Å². The van der Waals surface area contributed by atoms with Crippen LogP contribution in [0.25, 0.3) is 0 Å². The first-order valence-corrected chi connectivity index (χ1v) is 5.68. The molecule has 2 atom stereocenters. The molecule has 1 aliphatic carbocycles. The van der Waals surface area contributed by atoms with E-state index in [1.54, 1.807) is 11.9 Å². The molecule has 16 heavy (non-hydrogen) atoms. The first-order chi connectivity index (χ1) is 7.61. The molecule has 5 nitrogen and oxygen atoms in total. The van der Waals surface area contributed by atoms with Gasteiger partial charge in [0.1, 0.15) is 5.92 Å². The number of likely N-dealkylation sites (N-methyl/N-ethyl adjacent to an activating group) is 1. The van der Waals surface area contributed by atoms with Crippen LogP contribution >= 0.6 is 0 Å². The number of carboxylic acids is 1. The van der Waals surface area contributed by atoms with Crippen LogP contribution in [0.1, 0.15) is 19.3 Å². The van der Waals surface area contributed by atoms with Gasteiger partial charge >= 0.3 is 5.97 Å². The standard InChI is InChI=1S/C11H17NO4/c1-12(10(13)7-3-2-4-7)9-6-16-5-8(9)11(14)15/h7-9H,2-6H2,1H3,(H,14,15). The van der Waals surface area contributed by atoms with Gasteiger partial charge in [-0.1, -0.05) is 6.42 Å². The smallest absolute Gasteiger partial charge is 0.311 e. The predicted octanol–water partition coefficient (Wildman–Crippen LogP) is 0.344. The number of hydrogen-bond donors (Lipinski definition) is 1. The summed E-state index contributed by atoms with van der Waals surface area (Å²) in [4.78, 5) is 24.5. The first-order valence-electron chi connectivity index (χ1n) is 5.68. The van der Waals surface area contributed by atoms with E-state index in [-0.39, 0.29) is 24.5 Å². The fraction of sp³-hybridized carbons (Fsp3) is 0.818. The molecule has 2 fully saturated rings. The Morgan fingerprint density at radius 3 is 2.50 bits per heavy atom. The summed E-state index contributed by atoms with van der Waals surface area (Å²) in [6.45, 7) is 0.550. The quantitative estimate of drug-likeness (QED) is 0.755. The Bertz CT molecular complexity index is 300. The Labute approximate surface area is 94.4 Å². The van der Waals surface area contributed by atoms with E-state index in [1.807, 2.05) is 0 Å². The molecular formula is C11H17NO4. The Kier molecular flexibility index (Phi) is 3.14. The van der Waals surface area contributed by atoms with Gasteiger partial charge in [-0.3, -0.25) is 9.59 Å². The van der Waals surface area contributed by atoms with Gasteiger partial charge in [0.15, 0.2) is 0 Å². The number of ether oxygens (including phenoxy) is 1. The van der Waals surface area contributed by atoms with Gasteiger partial charge in [0, 0.05) is 13.0 Å². The molecule has 0 spiro atoms.